The molecular formula is C15H33N2+. The first-order chi connectivity index (χ1) is 8.14. The number of rotatable bonds is 3. The molecule has 1 aliphatic rings. The Morgan fingerprint density at radius 3 is 2.35 bits per heavy atom. The van der Waals surface area contributed by atoms with Crippen LogP contribution >= 0.6 is 0 Å². The van der Waals surface area contributed by atoms with Crippen molar-refractivity contribution in [2.45, 2.75) is 51.9 Å². The van der Waals surface area contributed by atoms with Crippen LogP contribution in [-0.4, -0.2) is 44.8 Å². The lowest BCUT2D eigenvalue weighted by molar-refractivity contribution is -0.891. The average molecular weight is 241 g/mol. The molecule has 0 radical (unpaired) electrons. The van der Waals surface area contributed by atoms with Gasteiger partial charge >= 0.3 is 0 Å². The maximum Gasteiger partial charge on any atom is 0.0823 e. The molecule has 17 heavy (non-hydrogen) atoms. The fraction of sp³-hybridized carbons (Fsp3) is 1.00. The predicted molar refractivity (Wildman–Crippen MR) is 76.2 cm³/mol. The summed E-state index contributed by atoms with van der Waals surface area (Å²) in [6.07, 6.45) is 10.0. The zero-order chi connectivity index (χ0) is 12.6. The molecule has 0 aromatic carbocycles. The van der Waals surface area contributed by atoms with Gasteiger partial charge in [-0.25, -0.2) is 0 Å². The Hall–Kier alpha value is -0.0800. The molecule has 1 N–H and O–H groups in total. The minimum absolute atomic E-state index is 0.878. The van der Waals surface area contributed by atoms with Crippen LogP contribution in [0.3, 0.4) is 0 Å². The minimum atomic E-state index is 0.878. The molecular weight excluding hydrogens is 208 g/mol. The summed E-state index contributed by atoms with van der Waals surface area (Å²) in [6, 6.07) is 0. The van der Waals surface area contributed by atoms with Gasteiger partial charge in [-0.1, -0.05) is 32.1 Å². The summed E-state index contributed by atoms with van der Waals surface area (Å²) in [6.45, 7) is 7.36. The molecule has 1 heterocycles. The number of hydrogen-bond donors (Lipinski definition) is 1. The third-order valence-corrected chi connectivity index (χ3v) is 4.26. The van der Waals surface area contributed by atoms with E-state index in [-0.39, 0.29) is 0 Å². The predicted octanol–water partition coefficient (Wildman–Crippen LogP) is 3.03. The second-order valence-corrected chi connectivity index (χ2v) is 6.41. The second kappa shape index (κ2) is 8.10. The molecule has 0 aliphatic carbocycles. The Balaban J connectivity index is 2.37. The molecule has 0 amide bonds. The van der Waals surface area contributed by atoms with Gasteiger partial charge in [0.25, 0.3) is 0 Å². The van der Waals surface area contributed by atoms with E-state index in [0.717, 1.165) is 5.92 Å². The lowest BCUT2D eigenvalue weighted by Gasteiger charge is -2.32. The van der Waals surface area contributed by atoms with Crippen molar-refractivity contribution < 1.29 is 4.48 Å². The van der Waals surface area contributed by atoms with Gasteiger partial charge < -0.3 is 9.80 Å². The van der Waals surface area contributed by atoms with Gasteiger partial charge in [0.1, 0.15) is 0 Å². The lowest BCUT2D eigenvalue weighted by Crippen LogP contribution is -2.45. The third kappa shape index (κ3) is 7.05. The van der Waals surface area contributed by atoms with Gasteiger partial charge in [-0.3, -0.25) is 0 Å². The molecule has 0 aromatic heterocycles. The highest BCUT2D eigenvalue weighted by molar-refractivity contribution is 4.64. The lowest BCUT2D eigenvalue weighted by atomic mass is 9.99. The minimum Gasteiger partial charge on any atom is -0.328 e. The summed E-state index contributed by atoms with van der Waals surface area (Å²) >= 11 is 0. The largest absolute Gasteiger partial charge is 0.328 e. The van der Waals surface area contributed by atoms with Crippen molar-refractivity contribution in [2.75, 3.05) is 40.3 Å². The molecule has 2 heteroatoms. The summed E-state index contributed by atoms with van der Waals surface area (Å²) in [4.78, 5) is 0. The fourth-order valence-corrected chi connectivity index (χ4v) is 2.78. The number of quaternary nitrogens is 1. The summed E-state index contributed by atoms with van der Waals surface area (Å²) in [5.74, 6) is 0.878. The van der Waals surface area contributed by atoms with Crippen molar-refractivity contribution in [1.82, 2.24) is 5.32 Å². The van der Waals surface area contributed by atoms with Gasteiger partial charge in [-0.15, -0.1) is 0 Å². The molecule has 2 nitrogen and oxygen atoms in total. The van der Waals surface area contributed by atoms with Crippen LogP contribution in [-0.2, 0) is 0 Å². The van der Waals surface area contributed by atoms with E-state index >= 15 is 0 Å². The monoisotopic (exact) mass is 241 g/mol. The van der Waals surface area contributed by atoms with E-state index in [1.165, 1.54) is 75.6 Å². The van der Waals surface area contributed by atoms with Crippen molar-refractivity contribution in [3.63, 3.8) is 0 Å². The van der Waals surface area contributed by atoms with Crippen molar-refractivity contribution in [2.24, 2.45) is 5.92 Å². The summed E-state index contributed by atoms with van der Waals surface area (Å²) in [7, 11) is 4.73. The van der Waals surface area contributed by atoms with Crippen LogP contribution in [0, 0.1) is 5.92 Å². The highest BCUT2D eigenvalue weighted by atomic mass is 15.3. The molecule has 1 atom stereocenters. The number of nitrogens with one attached hydrogen (secondary N) is 1. The van der Waals surface area contributed by atoms with Crippen LogP contribution in [0.4, 0.5) is 0 Å². The van der Waals surface area contributed by atoms with Gasteiger partial charge in [-0.05, 0) is 26.3 Å². The van der Waals surface area contributed by atoms with E-state index < -0.39 is 0 Å². The number of nitrogens with zero attached hydrogens (tertiary/aromatic N) is 1. The highest BCUT2D eigenvalue weighted by Crippen LogP contribution is 2.16. The van der Waals surface area contributed by atoms with Gasteiger partial charge in [0.15, 0.2) is 0 Å². The van der Waals surface area contributed by atoms with E-state index in [1.807, 2.05) is 0 Å². The van der Waals surface area contributed by atoms with Crippen LogP contribution in [0.1, 0.15) is 51.9 Å². The van der Waals surface area contributed by atoms with E-state index in [9.17, 15) is 0 Å². The molecule has 1 saturated heterocycles. The molecule has 1 aliphatic heterocycles. The molecule has 0 spiro atoms. The van der Waals surface area contributed by atoms with Gasteiger partial charge in [0.05, 0.1) is 27.2 Å². The first kappa shape index (κ1) is 15.0. The van der Waals surface area contributed by atoms with Gasteiger partial charge in [0, 0.05) is 12.5 Å². The summed E-state index contributed by atoms with van der Waals surface area (Å²) in [5, 5.41) is 3.67. The van der Waals surface area contributed by atoms with Crippen molar-refractivity contribution in [3.8, 4) is 0 Å². The maximum absolute atomic E-state index is 3.67. The average Bonchev–Trinajstić information content (AvgIpc) is 2.35. The van der Waals surface area contributed by atoms with E-state index in [1.54, 1.807) is 0 Å². The Labute approximate surface area is 108 Å². The van der Waals surface area contributed by atoms with Crippen LogP contribution in [0.2, 0.25) is 0 Å². The summed E-state index contributed by atoms with van der Waals surface area (Å²) < 4.78 is 1.17. The van der Waals surface area contributed by atoms with Crippen LogP contribution in [0.15, 0.2) is 0 Å². The molecule has 1 rings (SSSR count). The van der Waals surface area contributed by atoms with Gasteiger partial charge in [0.2, 0.25) is 0 Å². The highest BCUT2D eigenvalue weighted by Gasteiger charge is 2.20. The molecule has 0 bridgehead atoms. The third-order valence-electron chi connectivity index (χ3n) is 4.26. The van der Waals surface area contributed by atoms with E-state index in [0.29, 0.717) is 0 Å². The molecule has 0 saturated carbocycles. The van der Waals surface area contributed by atoms with E-state index in [4.69, 9.17) is 0 Å². The quantitative estimate of drug-likeness (QED) is 0.749. The topological polar surface area (TPSA) is 12.0 Å². The van der Waals surface area contributed by atoms with Crippen LogP contribution in [0.5, 0.6) is 0 Å². The van der Waals surface area contributed by atoms with Crippen LogP contribution < -0.4 is 5.32 Å². The summed E-state index contributed by atoms with van der Waals surface area (Å²) in [5.41, 5.74) is 0. The smallest absolute Gasteiger partial charge is 0.0823 e. The molecule has 1 unspecified atom stereocenters. The first-order valence-electron chi connectivity index (χ1n) is 7.67. The molecule has 102 valence electrons. The Kier molecular flexibility index (Phi) is 7.14. The molecule has 1 fully saturated rings. The fourth-order valence-electron chi connectivity index (χ4n) is 2.78. The van der Waals surface area contributed by atoms with E-state index in [2.05, 4.69) is 26.3 Å². The standard InChI is InChI=1S/C15H33N2/c1-4-17(2,3)14-15-11-9-7-5-6-8-10-12-16-13-15/h15-16H,4-14H2,1-3H3/q+1. The molecule has 0 aromatic rings. The second-order valence-electron chi connectivity index (χ2n) is 6.41. The SMILES string of the molecule is CC[N+](C)(C)CC1CCCCCCCCNC1. The maximum atomic E-state index is 3.67. The zero-order valence-corrected chi connectivity index (χ0v) is 12.3. The van der Waals surface area contributed by atoms with Crippen molar-refractivity contribution in [1.29, 1.82) is 0 Å². The van der Waals surface area contributed by atoms with Crippen LogP contribution in [0.25, 0.3) is 0 Å². The number of hydrogen-bond acceptors (Lipinski definition) is 1. The Morgan fingerprint density at radius 1 is 1.00 bits per heavy atom. The van der Waals surface area contributed by atoms with Crippen molar-refractivity contribution in [3.05, 3.63) is 0 Å². The Morgan fingerprint density at radius 2 is 1.65 bits per heavy atom. The Bertz CT molecular complexity index is 177. The zero-order valence-electron chi connectivity index (χ0n) is 12.3. The van der Waals surface area contributed by atoms with Gasteiger partial charge in [-0.2, -0.15) is 0 Å². The first-order valence-corrected chi connectivity index (χ1v) is 7.67. The van der Waals surface area contributed by atoms with Crippen molar-refractivity contribution >= 4 is 0 Å². The normalized spacial score (nSPS) is 25.2.